The molecule has 0 atom stereocenters. The number of aromatic nitrogens is 8. The third-order valence-electron chi connectivity index (χ3n) is 17.8. The van der Waals surface area contributed by atoms with Crippen LogP contribution in [0.5, 0.6) is 34.5 Å². The monoisotopic (exact) mass is 1460 g/mol. The lowest BCUT2D eigenvalue weighted by atomic mass is 10.1. The van der Waals surface area contributed by atoms with E-state index >= 15 is 0 Å². The van der Waals surface area contributed by atoms with Gasteiger partial charge in [-0.05, 0) is 242 Å². The molecule has 22 nitrogen and oxygen atoms in total. The Labute approximate surface area is 633 Å². The lowest BCUT2D eigenvalue weighted by Gasteiger charge is -2.14. The molecule has 108 heavy (non-hydrogen) atoms. The van der Waals surface area contributed by atoms with Gasteiger partial charge in [0.05, 0.1) is 39.6 Å². The van der Waals surface area contributed by atoms with Gasteiger partial charge in [-0.2, -0.15) is 19.9 Å². The number of ether oxygens (including phenoxy) is 6. The molecule has 0 amide bonds. The van der Waals surface area contributed by atoms with Gasteiger partial charge in [-0.1, -0.05) is 118 Å². The molecule has 0 spiro atoms. The molecule has 4 aromatic heterocycles. The Hall–Kier alpha value is -11.0. The molecule has 2 fully saturated rings. The second-order valence-corrected chi connectivity index (χ2v) is 26.8. The van der Waals surface area contributed by atoms with E-state index in [0.29, 0.717) is 109 Å². The Balaban J connectivity index is 0.000000143. The van der Waals surface area contributed by atoms with Crippen molar-refractivity contribution in [1.82, 2.24) is 60.2 Å². The molecule has 0 bridgehead atoms. The minimum atomic E-state index is 0.451. The predicted molar refractivity (Wildman–Crippen MR) is 421 cm³/mol. The second-order valence-electron chi connectivity index (χ2n) is 26.8. The lowest BCUT2D eigenvalue weighted by Crippen LogP contribution is -2.18. The van der Waals surface area contributed by atoms with Crippen LogP contribution in [0.1, 0.15) is 101 Å². The van der Waals surface area contributed by atoms with E-state index in [9.17, 15) is 0 Å². The first kappa shape index (κ1) is 78.0. The van der Waals surface area contributed by atoms with E-state index in [0.717, 1.165) is 93.3 Å². The number of nitrogens with zero attached hydrogens (tertiary/aromatic N) is 12. The van der Waals surface area contributed by atoms with Crippen molar-refractivity contribution >= 4 is 0 Å². The summed E-state index contributed by atoms with van der Waals surface area (Å²) >= 11 is 0. The third kappa shape index (κ3) is 21.6. The van der Waals surface area contributed by atoms with E-state index < -0.39 is 0 Å². The number of likely N-dealkylation sites (tertiary alicyclic amines) is 2. The SMILES string of the molecule is CCOc1cc(-c2nc(-c3ccc(CN(C)C)cc3)no2)ccc1C.CCOc1cc(-c2nc(-c3ccc(CN4CCCC4)cc3)no2)ccc1C.CCOc1ccc(-c2nc(-c3cccc(CN(C)C)c3)no2)cc1OCC.CCOc1ccc(-c2nc(-c3cccc(CN4CCCC4)c3)no2)cc1OCC. The maximum atomic E-state index is 5.70. The minimum absolute atomic E-state index is 0.451. The maximum absolute atomic E-state index is 5.70. The topological polar surface area (TPSA) is 224 Å². The van der Waals surface area contributed by atoms with Crippen LogP contribution in [0.25, 0.3) is 91.4 Å². The first-order chi connectivity index (χ1) is 52.7. The number of hydrogen-bond donors (Lipinski definition) is 0. The van der Waals surface area contributed by atoms with E-state index in [2.05, 4.69) is 141 Å². The summed E-state index contributed by atoms with van der Waals surface area (Å²) in [5.41, 5.74) is 14.4. The molecule has 0 aliphatic carbocycles. The van der Waals surface area contributed by atoms with Gasteiger partial charge < -0.3 is 56.3 Å². The average Bonchev–Trinajstić information content (AvgIpc) is 1.71. The van der Waals surface area contributed by atoms with Gasteiger partial charge in [0, 0.05) is 70.7 Å². The molecule has 22 heteroatoms. The molecule has 8 aromatic carbocycles. The lowest BCUT2D eigenvalue weighted by molar-refractivity contribution is 0.288. The van der Waals surface area contributed by atoms with Gasteiger partial charge >= 0.3 is 0 Å². The van der Waals surface area contributed by atoms with Crippen LogP contribution in [-0.4, -0.2) is 154 Å². The molecule has 2 aliphatic rings. The molecule has 12 aromatic rings. The highest BCUT2D eigenvalue weighted by Gasteiger charge is 2.21. The smallest absolute Gasteiger partial charge is 0.258 e. The van der Waals surface area contributed by atoms with Crippen LogP contribution in [0.3, 0.4) is 0 Å². The van der Waals surface area contributed by atoms with Gasteiger partial charge in [-0.15, -0.1) is 0 Å². The van der Waals surface area contributed by atoms with E-state index in [1.165, 1.54) is 74.1 Å². The molecular weight excluding hydrogens is 1360 g/mol. The standard InChI is InChI=1S/C23H27N3O3.C22H25N3O2.C21H25N3O3.C20H23N3O2/c1-3-27-20-11-10-19(15-21(20)28-4-2)23-24-22(25-29-23)18-9-7-8-17(14-18)16-26-12-5-6-13-26;1-3-26-20-14-19(9-6-16(20)2)22-23-21(24-27-22)18-10-7-17(8-11-18)15-25-12-4-5-13-25;1-5-25-18-11-10-17(13-19(18)26-6-2)21-22-20(23-27-21)16-9-7-8-15(12-16)14-24(3)4;1-5-24-18-12-17(9-6-14(18)2)20-21-19(22-25-20)16-10-7-15(8-11-16)13-23(3)4/h7-11,14-15H,3-6,12-13,16H2,1-2H3;6-11,14H,3-5,12-13,15H2,1-2H3;7-13H,5-6,14H2,1-4H3;6-12H,5,13H2,1-4H3. The van der Waals surface area contributed by atoms with Crippen molar-refractivity contribution in [3.05, 3.63) is 203 Å². The first-order valence-electron chi connectivity index (χ1n) is 37.4. The highest BCUT2D eigenvalue weighted by Crippen LogP contribution is 2.37. The summed E-state index contributed by atoms with van der Waals surface area (Å²) in [6.07, 6.45) is 5.21. The Morgan fingerprint density at radius 1 is 0.306 bits per heavy atom. The molecule has 6 heterocycles. The van der Waals surface area contributed by atoms with Gasteiger partial charge in [0.2, 0.25) is 23.3 Å². The minimum Gasteiger partial charge on any atom is -0.494 e. The number of benzene rings is 8. The quantitative estimate of drug-likeness (QED) is 0.0444. The van der Waals surface area contributed by atoms with Crippen LogP contribution in [0.2, 0.25) is 0 Å². The van der Waals surface area contributed by atoms with Crippen molar-refractivity contribution in [2.45, 2.75) is 107 Å². The summed E-state index contributed by atoms with van der Waals surface area (Å²) in [4.78, 5) is 27.5. The predicted octanol–water partition coefficient (Wildman–Crippen LogP) is 17.9. The maximum Gasteiger partial charge on any atom is 0.258 e. The number of rotatable bonds is 28. The van der Waals surface area contributed by atoms with E-state index in [1.54, 1.807) is 0 Å². The van der Waals surface area contributed by atoms with Crippen LogP contribution in [0.4, 0.5) is 0 Å². The number of aryl methyl sites for hydroxylation is 2. The number of hydrogen-bond acceptors (Lipinski definition) is 22. The summed E-state index contributed by atoms with van der Waals surface area (Å²) in [5, 5.41) is 16.6. The summed E-state index contributed by atoms with van der Waals surface area (Å²) in [6.45, 7) is 27.8. The van der Waals surface area contributed by atoms with Gasteiger partial charge in [0.15, 0.2) is 23.0 Å². The van der Waals surface area contributed by atoms with Crippen molar-refractivity contribution in [1.29, 1.82) is 0 Å². The summed E-state index contributed by atoms with van der Waals surface area (Å²) in [7, 11) is 8.19. The Morgan fingerprint density at radius 3 is 1.00 bits per heavy atom. The zero-order chi connectivity index (χ0) is 75.7. The Kier molecular flexibility index (Phi) is 28.2. The molecule has 14 rings (SSSR count). The molecule has 0 radical (unpaired) electrons. The van der Waals surface area contributed by atoms with Crippen molar-refractivity contribution in [2.24, 2.45) is 0 Å². The summed E-state index contributed by atoms with van der Waals surface area (Å²) in [5.74, 6) is 8.74. The fourth-order valence-electron chi connectivity index (χ4n) is 12.6. The average molecular weight is 1460 g/mol. The van der Waals surface area contributed by atoms with Gasteiger partial charge in [0.25, 0.3) is 23.6 Å². The summed E-state index contributed by atoms with van der Waals surface area (Å²) < 4.78 is 55.9. The summed E-state index contributed by atoms with van der Waals surface area (Å²) in [6, 6.07) is 56.4. The van der Waals surface area contributed by atoms with Crippen LogP contribution in [0, 0.1) is 13.8 Å². The van der Waals surface area contributed by atoms with Crippen LogP contribution < -0.4 is 28.4 Å². The zero-order valence-electron chi connectivity index (χ0n) is 64.3. The Morgan fingerprint density at radius 2 is 0.611 bits per heavy atom. The largest absolute Gasteiger partial charge is 0.494 e. The van der Waals surface area contributed by atoms with E-state index in [1.807, 2.05) is 173 Å². The molecule has 564 valence electrons. The van der Waals surface area contributed by atoms with Crippen LogP contribution in [-0.2, 0) is 26.2 Å². The molecule has 0 unspecified atom stereocenters. The fraction of sp³-hybridized carbons (Fsp3) is 0.349. The van der Waals surface area contributed by atoms with Crippen molar-refractivity contribution in [3.63, 3.8) is 0 Å². The normalized spacial score (nSPS) is 12.8. The molecule has 2 aliphatic heterocycles. The fourth-order valence-corrected chi connectivity index (χ4v) is 12.6. The zero-order valence-corrected chi connectivity index (χ0v) is 64.3. The first-order valence-corrected chi connectivity index (χ1v) is 37.4. The van der Waals surface area contributed by atoms with Gasteiger partial charge in [-0.3, -0.25) is 9.80 Å². The van der Waals surface area contributed by atoms with Crippen molar-refractivity contribution < 1.29 is 46.5 Å². The van der Waals surface area contributed by atoms with Crippen LogP contribution in [0.15, 0.2) is 188 Å². The van der Waals surface area contributed by atoms with E-state index in [4.69, 9.17) is 46.5 Å². The van der Waals surface area contributed by atoms with Crippen LogP contribution >= 0.6 is 0 Å². The van der Waals surface area contributed by atoms with E-state index in [-0.39, 0.29) is 0 Å². The highest BCUT2D eigenvalue weighted by atomic mass is 16.5. The Bertz CT molecular complexity index is 4770. The van der Waals surface area contributed by atoms with Crippen molar-refractivity contribution in [2.75, 3.05) is 94.0 Å². The van der Waals surface area contributed by atoms with Gasteiger partial charge in [-0.25, -0.2) is 0 Å². The highest BCUT2D eigenvalue weighted by molar-refractivity contribution is 5.67. The molecular formula is C86H100N12O10. The van der Waals surface area contributed by atoms with Crippen molar-refractivity contribution in [3.8, 4) is 126 Å². The second kappa shape index (κ2) is 39.0. The third-order valence-corrected chi connectivity index (χ3v) is 17.8. The van der Waals surface area contributed by atoms with Gasteiger partial charge in [0.1, 0.15) is 11.5 Å². The molecule has 0 saturated carbocycles. The molecule has 2 saturated heterocycles. The molecule has 0 N–H and O–H groups in total.